The Morgan fingerprint density at radius 3 is 2.88 bits per heavy atom. The lowest BCUT2D eigenvalue weighted by Crippen LogP contribution is -1.76. The first-order valence-electron chi connectivity index (χ1n) is 4.74. The van der Waals surface area contributed by atoms with E-state index in [-0.39, 0.29) is 10.8 Å². The maximum absolute atomic E-state index is 13.3. The molecule has 80 valence electrons. The van der Waals surface area contributed by atoms with Crippen molar-refractivity contribution >= 4 is 33.8 Å². The van der Waals surface area contributed by atoms with Crippen LogP contribution in [0.15, 0.2) is 35.0 Å². The van der Waals surface area contributed by atoms with Crippen LogP contribution in [0.3, 0.4) is 0 Å². The number of H-pyrrole nitrogens is 1. The Balaban J connectivity index is 2.23. The molecule has 0 unspecified atom stereocenters. The molecule has 1 N–H and O–H groups in total. The van der Waals surface area contributed by atoms with Gasteiger partial charge in [0, 0.05) is 27.5 Å². The average molecular weight is 252 g/mol. The van der Waals surface area contributed by atoms with Crippen LogP contribution in [0.1, 0.15) is 0 Å². The molecule has 0 aliphatic heterocycles. The van der Waals surface area contributed by atoms with E-state index in [9.17, 15) is 4.39 Å². The van der Waals surface area contributed by atoms with Gasteiger partial charge in [-0.1, -0.05) is 11.6 Å². The van der Waals surface area contributed by atoms with Crippen molar-refractivity contribution in [3.63, 3.8) is 0 Å². The number of rotatable bonds is 1. The van der Waals surface area contributed by atoms with Crippen molar-refractivity contribution in [1.82, 2.24) is 4.98 Å². The Kier molecular flexibility index (Phi) is 2.23. The van der Waals surface area contributed by atoms with Crippen molar-refractivity contribution in [2.24, 2.45) is 0 Å². The van der Waals surface area contributed by atoms with Crippen LogP contribution in [-0.4, -0.2) is 4.98 Å². The van der Waals surface area contributed by atoms with Crippen molar-refractivity contribution in [3.8, 4) is 11.3 Å². The highest BCUT2D eigenvalue weighted by molar-refractivity contribution is 7.08. The summed E-state index contributed by atoms with van der Waals surface area (Å²) in [5.74, 6) is -0.384. The van der Waals surface area contributed by atoms with E-state index in [0.29, 0.717) is 0 Å². The second-order valence-electron chi connectivity index (χ2n) is 3.55. The molecular formula is C12H7ClFNS. The quantitative estimate of drug-likeness (QED) is 0.646. The highest BCUT2D eigenvalue weighted by Gasteiger charge is 2.07. The molecule has 0 bridgehead atoms. The summed E-state index contributed by atoms with van der Waals surface area (Å²) in [5.41, 5.74) is 2.95. The highest BCUT2D eigenvalue weighted by Crippen LogP contribution is 2.28. The van der Waals surface area contributed by atoms with Gasteiger partial charge in [-0.3, -0.25) is 0 Å². The van der Waals surface area contributed by atoms with E-state index in [2.05, 4.69) is 4.98 Å². The normalized spacial score (nSPS) is 11.1. The van der Waals surface area contributed by atoms with Gasteiger partial charge in [0.1, 0.15) is 5.82 Å². The Morgan fingerprint density at radius 1 is 1.25 bits per heavy atom. The first-order valence-corrected chi connectivity index (χ1v) is 6.06. The van der Waals surface area contributed by atoms with Crippen LogP contribution in [-0.2, 0) is 0 Å². The summed E-state index contributed by atoms with van der Waals surface area (Å²) < 4.78 is 13.3. The van der Waals surface area contributed by atoms with E-state index in [4.69, 9.17) is 11.6 Å². The van der Waals surface area contributed by atoms with Gasteiger partial charge in [0.2, 0.25) is 0 Å². The lowest BCUT2D eigenvalue weighted by Gasteiger charge is -1.93. The number of fused-ring (bicyclic) bond motifs is 1. The number of halogens is 2. The van der Waals surface area contributed by atoms with E-state index in [1.54, 1.807) is 17.4 Å². The zero-order valence-electron chi connectivity index (χ0n) is 8.13. The third-order valence-electron chi connectivity index (χ3n) is 2.49. The first-order chi connectivity index (χ1) is 7.74. The van der Waals surface area contributed by atoms with Gasteiger partial charge in [0.15, 0.2) is 0 Å². The van der Waals surface area contributed by atoms with E-state index in [0.717, 1.165) is 22.2 Å². The molecule has 0 amide bonds. The molecule has 1 aromatic carbocycles. The minimum atomic E-state index is -0.384. The lowest BCUT2D eigenvalue weighted by atomic mass is 10.2. The van der Waals surface area contributed by atoms with Crippen LogP contribution >= 0.6 is 22.9 Å². The van der Waals surface area contributed by atoms with Gasteiger partial charge >= 0.3 is 0 Å². The van der Waals surface area contributed by atoms with Crippen molar-refractivity contribution in [2.45, 2.75) is 0 Å². The summed E-state index contributed by atoms with van der Waals surface area (Å²) in [6.07, 6.45) is 0. The average Bonchev–Trinajstić information content (AvgIpc) is 2.86. The minimum Gasteiger partial charge on any atom is -0.354 e. The van der Waals surface area contributed by atoms with Gasteiger partial charge in [-0.25, -0.2) is 4.39 Å². The zero-order valence-corrected chi connectivity index (χ0v) is 9.70. The summed E-state index contributed by atoms with van der Waals surface area (Å²) in [7, 11) is 0. The Bertz CT molecular complexity index is 603. The molecule has 0 radical (unpaired) electrons. The van der Waals surface area contributed by atoms with Crippen molar-refractivity contribution in [3.05, 3.63) is 45.9 Å². The summed E-state index contributed by atoms with van der Waals surface area (Å²) in [5, 5.41) is 5.03. The monoisotopic (exact) mass is 251 g/mol. The van der Waals surface area contributed by atoms with E-state index in [1.165, 1.54) is 6.07 Å². The fourth-order valence-electron chi connectivity index (χ4n) is 1.70. The third-order valence-corrected chi connectivity index (χ3v) is 3.47. The highest BCUT2D eigenvalue weighted by atomic mass is 35.5. The number of thiophene rings is 1. The fourth-order valence-corrected chi connectivity index (χ4v) is 2.52. The third kappa shape index (κ3) is 1.52. The van der Waals surface area contributed by atoms with E-state index >= 15 is 0 Å². The molecule has 0 saturated carbocycles. The molecule has 4 heteroatoms. The number of hydrogen-bond acceptors (Lipinski definition) is 1. The Morgan fingerprint density at radius 2 is 2.12 bits per heavy atom. The Hall–Kier alpha value is -1.32. The second kappa shape index (κ2) is 3.61. The molecule has 0 aliphatic rings. The predicted molar refractivity (Wildman–Crippen MR) is 66.6 cm³/mol. The number of aromatic amines is 1. The predicted octanol–water partition coefficient (Wildman–Crippen LogP) is 4.69. The molecule has 0 atom stereocenters. The molecule has 16 heavy (non-hydrogen) atoms. The topological polar surface area (TPSA) is 15.8 Å². The van der Waals surface area contributed by atoms with Gasteiger partial charge < -0.3 is 4.98 Å². The van der Waals surface area contributed by atoms with Crippen LogP contribution in [0.2, 0.25) is 5.02 Å². The second-order valence-corrected chi connectivity index (χ2v) is 4.74. The molecule has 3 rings (SSSR count). The molecule has 0 aliphatic carbocycles. The van der Waals surface area contributed by atoms with Crippen LogP contribution in [0.4, 0.5) is 4.39 Å². The lowest BCUT2D eigenvalue weighted by molar-refractivity contribution is 0.630. The molecule has 1 nitrogen and oxygen atoms in total. The summed E-state index contributed by atoms with van der Waals surface area (Å²) in [4.78, 5) is 3.22. The molecule has 0 fully saturated rings. The summed E-state index contributed by atoms with van der Waals surface area (Å²) >= 11 is 7.36. The SMILES string of the molecule is Fc1cc2cc(-c3ccsc3)[nH]c2cc1Cl. The molecule has 0 spiro atoms. The van der Waals surface area contributed by atoms with E-state index in [1.807, 2.05) is 22.9 Å². The van der Waals surface area contributed by atoms with Crippen LogP contribution in [0.5, 0.6) is 0 Å². The summed E-state index contributed by atoms with van der Waals surface area (Å²) in [6.45, 7) is 0. The first kappa shape index (κ1) is 9.87. The van der Waals surface area contributed by atoms with Crippen LogP contribution < -0.4 is 0 Å². The minimum absolute atomic E-state index is 0.145. The molecule has 2 aromatic heterocycles. The van der Waals surface area contributed by atoms with Crippen molar-refractivity contribution in [2.75, 3.05) is 0 Å². The van der Waals surface area contributed by atoms with Gasteiger partial charge in [-0.05, 0) is 29.6 Å². The number of benzene rings is 1. The van der Waals surface area contributed by atoms with Crippen LogP contribution in [0, 0.1) is 5.82 Å². The van der Waals surface area contributed by atoms with Gasteiger partial charge in [-0.2, -0.15) is 11.3 Å². The molecular weight excluding hydrogens is 245 g/mol. The van der Waals surface area contributed by atoms with Gasteiger partial charge in [0.05, 0.1) is 5.02 Å². The fraction of sp³-hybridized carbons (Fsp3) is 0. The Labute approximate surface area is 100 Å². The maximum Gasteiger partial charge on any atom is 0.142 e. The van der Waals surface area contributed by atoms with Gasteiger partial charge in [0.25, 0.3) is 0 Å². The smallest absolute Gasteiger partial charge is 0.142 e. The maximum atomic E-state index is 13.3. The molecule has 2 heterocycles. The molecule has 3 aromatic rings. The number of nitrogens with one attached hydrogen (secondary N) is 1. The number of aromatic nitrogens is 1. The van der Waals surface area contributed by atoms with Crippen LogP contribution in [0.25, 0.3) is 22.2 Å². The van der Waals surface area contributed by atoms with Gasteiger partial charge in [-0.15, -0.1) is 0 Å². The standard InChI is InChI=1S/C12H7ClFNS/c13-9-5-12-8(3-10(9)14)4-11(15-12)7-1-2-16-6-7/h1-6,15H. The van der Waals surface area contributed by atoms with Crippen molar-refractivity contribution in [1.29, 1.82) is 0 Å². The number of hydrogen-bond donors (Lipinski definition) is 1. The summed E-state index contributed by atoms with van der Waals surface area (Å²) in [6, 6.07) is 7.01. The zero-order chi connectivity index (χ0) is 11.1. The van der Waals surface area contributed by atoms with Crippen molar-refractivity contribution < 1.29 is 4.39 Å². The van der Waals surface area contributed by atoms with E-state index < -0.39 is 0 Å². The largest absolute Gasteiger partial charge is 0.354 e. The molecule has 0 saturated heterocycles.